The zero-order valence-electron chi connectivity index (χ0n) is 10.2. The highest BCUT2D eigenvalue weighted by Crippen LogP contribution is 2.28. The van der Waals surface area contributed by atoms with Gasteiger partial charge >= 0.3 is 5.97 Å². The molecule has 4 nitrogen and oxygen atoms in total. The Labute approximate surface area is 115 Å². The molecular formula is C13H16BrNO3. The average Bonchev–Trinajstić information content (AvgIpc) is 2.38. The predicted molar refractivity (Wildman–Crippen MR) is 73.3 cm³/mol. The van der Waals surface area contributed by atoms with Gasteiger partial charge in [-0.25, -0.2) is 4.79 Å². The zero-order valence-corrected chi connectivity index (χ0v) is 11.8. The SMILES string of the molecule is COC1CCN(c2cc(Br)ccc2C(=O)O)CC1. The van der Waals surface area contributed by atoms with Gasteiger partial charge in [0.25, 0.3) is 0 Å². The van der Waals surface area contributed by atoms with Crippen LogP contribution in [0.1, 0.15) is 23.2 Å². The van der Waals surface area contributed by atoms with Crippen molar-refractivity contribution in [2.24, 2.45) is 0 Å². The highest BCUT2D eigenvalue weighted by Gasteiger charge is 2.22. The van der Waals surface area contributed by atoms with E-state index in [1.54, 1.807) is 19.2 Å². The van der Waals surface area contributed by atoms with E-state index in [2.05, 4.69) is 20.8 Å². The number of aromatic carboxylic acids is 1. The highest BCUT2D eigenvalue weighted by molar-refractivity contribution is 9.10. The van der Waals surface area contributed by atoms with Crippen LogP contribution in [0.5, 0.6) is 0 Å². The summed E-state index contributed by atoms with van der Waals surface area (Å²) in [6.45, 7) is 1.66. The van der Waals surface area contributed by atoms with Gasteiger partial charge in [-0.1, -0.05) is 15.9 Å². The molecule has 0 aliphatic carbocycles. The molecule has 18 heavy (non-hydrogen) atoms. The fraction of sp³-hybridized carbons (Fsp3) is 0.462. The molecule has 1 saturated heterocycles. The van der Waals surface area contributed by atoms with Gasteiger partial charge in [-0.05, 0) is 31.0 Å². The first-order chi connectivity index (χ1) is 8.61. The summed E-state index contributed by atoms with van der Waals surface area (Å²) < 4.78 is 6.22. The highest BCUT2D eigenvalue weighted by atomic mass is 79.9. The maximum absolute atomic E-state index is 11.2. The van der Waals surface area contributed by atoms with E-state index < -0.39 is 5.97 Å². The van der Waals surface area contributed by atoms with Crippen molar-refractivity contribution in [2.75, 3.05) is 25.1 Å². The van der Waals surface area contributed by atoms with Crippen LogP contribution in [0.4, 0.5) is 5.69 Å². The summed E-state index contributed by atoms with van der Waals surface area (Å²) in [5, 5.41) is 9.22. The first-order valence-corrected chi connectivity index (χ1v) is 6.71. The monoisotopic (exact) mass is 313 g/mol. The molecule has 1 fully saturated rings. The molecule has 0 spiro atoms. The molecule has 0 bridgehead atoms. The summed E-state index contributed by atoms with van der Waals surface area (Å²) in [4.78, 5) is 13.3. The Kier molecular flexibility index (Phi) is 4.24. The van der Waals surface area contributed by atoms with Crippen molar-refractivity contribution in [3.05, 3.63) is 28.2 Å². The van der Waals surface area contributed by atoms with Gasteiger partial charge in [0.05, 0.1) is 17.4 Å². The summed E-state index contributed by atoms with van der Waals surface area (Å²) in [5.74, 6) is -0.883. The molecule has 5 heteroatoms. The Morgan fingerprint density at radius 1 is 1.44 bits per heavy atom. The lowest BCUT2D eigenvalue weighted by Crippen LogP contribution is -2.37. The number of hydrogen-bond donors (Lipinski definition) is 1. The van der Waals surface area contributed by atoms with Gasteiger partial charge in [0.2, 0.25) is 0 Å². The van der Waals surface area contributed by atoms with E-state index in [4.69, 9.17) is 4.74 Å². The van der Waals surface area contributed by atoms with E-state index in [-0.39, 0.29) is 0 Å². The number of carboxylic acid groups (broad SMARTS) is 1. The van der Waals surface area contributed by atoms with Crippen molar-refractivity contribution < 1.29 is 14.6 Å². The minimum Gasteiger partial charge on any atom is -0.478 e. The zero-order chi connectivity index (χ0) is 13.1. The smallest absolute Gasteiger partial charge is 0.337 e. The molecule has 1 aromatic carbocycles. The van der Waals surface area contributed by atoms with Crippen molar-refractivity contribution in [3.8, 4) is 0 Å². The van der Waals surface area contributed by atoms with Crippen molar-refractivity contribution >= 4 is 27.6 Å². The normalized spacial score (nSPS) is 16.9. The van der Waals surface area contributed by atoms with Gasteiger partial charge in [-0.2, -0.15) is 0 Å². The van der Waals surface area contributed by atoms with Crippen molar-refractivity contribution in [2.45, 2.75) is 18.9 Å². The van der Waals surface area contributed by atoms with Crippen molar-refractivity contribution in [1.82, 2.24) is 0 Å². The number of carbonyl (C=O) groups is 1. The molecule has 2 rings (SSSR count). The van der Waals surface area contributed by atoms with E-state index in [1.165, 1.54) is 0 Å². The predicted octanol–water partition coefficient (Wildman–Crippen LogP) is 2.76. The third-order valence-electron chi connectivity index (χ3n) is 3.31. The van der Waals surface area contributed by atoms with Crippen LogP contribution in [0.2, 0.25) is 0 Å². The quantitative estimate of drug-likeness (QED) is 0.932. The first-order valence-electron chi connectivity index (χ1n) is 5.92. The largest absolute Gasteiger partial charge is 0.478 e. The maximum Gasteiger partial charge on any atom is 0.337 e. The number of nitrogens with zero attached hydrogens (tertiary/aromatic N) is 1. The Balaban J connectivity index is 2.22. The Morgan fingerprint density at radius 2 is 2.11 bits per heavy atom. The topological polar surface area (TPSA) is 49.8 Å². The van der Waals surface area contributed by atoms with Crippen LogP contribution in [0.3, 0.4) is 0 Å². The molecule has 0 radical (unpaired) electrons. The molecule has 1 aliphatic heterocycles. The minimum atomic E-state index is -0.883. The summed E-state index contributed by atoms with van der Waals surface area (Å²) >= 11 is 3.39. The number of methoxy groups -OCH3 is 1. The molecular weight excluding hydrogens is 298 g/mol. The lowest BCUT2D eigenvalue weighted by atomic mass is 10.0. The van der Waals surface area contributed by atoms with E-state index in [0.717, 1.165) is 36.1 Å². The lowest BCUT2D eigenvalue weighted by Gasteiger charge is -2.33. The van der Waals surface area contributed by atoms with Crippen molar-refractivity contribution in [3.63, 3.8) is 0 Å². The Bertz CT molecular complexity index is 442. The standard InChI is InChI=1S/C13H16BrNO3/c1-18-10-4-6-15(7-5-10)12-8-9(14)2-3-11(12)13(16)17/h2-3,8,10H,4-7H2,1H3,(H,16,17). The molecule has 0 saturated carbocycles. The maximum atomic E-state index is 11.2. The fourth-order valence-electron chi connectivity index (χ4n) is 2.28. The third-order valence-corrected chi connectivity index (χ3v) is 3.80. The number of hydrogen-bond acceptors (Lipinski definition) is 3. The van der Waals surface area contributed by atoms with Crippen molar-refractivity contribution in [1.29, 1.82) is 0 Å². The van der Waals surface area contributed by atoms with Gasteiger partial charge in [0, 0.05) is 24.7 Å². The van der Waals surface area contributed by atoms with Crippen LogP contribution in [-0.2, 0) is 4.74 Å². The number of ether oxygens (including phenoxy) is 1. The number of anilines is 1. The molecule has 0 atom stereocenters. The number of rotatable bonds is 3. The third kappa shape index (κ3) is 2.84. The van der Waals surface area contributed by atoms with Crippen LogP contribution in [-0.4, -0.2) is 37.4 Å². The fourth-order valence-corrected chi connectivity index (χ4v) is 2.63. The van der Waals surface area contributed by atoms with E-state index in [1.807, 2.05) is 6.07 Å². The molecule has 0 amide bonds. The Hall–Kier alpha value is -1.07. The van der Waals surface area contributed by atoms with Gasteiger partial charge in [0.15, 0.2) is 0 Å². The second-order valence-electron chi connectivity index (χ2n) is 4.39. The molecule has 1 heterocycles. The molecule has 1 aliphatic rings. The summed E-state index contributed by atoms with van der Waals surface area (Å²) in [7, 11) is 1.72. The van der Waals surface area contributed by atoms with Gasteiger partial charge in [0.1, 0.15) is 0 Å². The second kappa shape index (κ2) is 5.71. The molecule has 0 aromatic heterocycles. The molecule has 98 valence electrons. The van der Waals surface area contributed by atoms with Crippen LogP contribution in [0.15, 0.2) is 22.7 Å². The minimum absolute atomic E-state index is 0.293. The first kappa shape index (κ1) is 13.4. The number of piperidine rings is 1. The lowest BCUT2D eigenvalue weighted by molar-refractivity contribution is 0.0696. The summed E-state index contributed by atoms with van der Waals surface area (Å²) in [6.07, 6.45) is 2.16. The van der Waals surface area contributed by atoms with E-state index in [9.17, 15) is 9.90 Å². The van der Waals surface area contributed by atoms with Crippen LogP contribution >= 0.6 is 15.9 Å². The molecule has 0 unspecified atom stereocenters. The second-order valence-corrected chi connectivity index (χ2v) is 5.30. The average molecular weight is 314 g/mol. The van der Waals surface area contributed by atoms with Crippen LogP contribution in [0.25, 0.3) is 0 Å². The summed E-state index contributed by atoms with van der Waals surface area (Å²) in [6, 6.07) is 5.27. The number of benzene rings is 1. The Morgan fingerprint density at radius 3 is 2.67 bits per heavy atom. The number of carboxylic acids is 1. The molecule has 1 aromatic rings. The van der Waals surface area contributed by atoms with E-state index in [0.29, 0.717) is 11.7 Å². The van der Waals surface area contributed by atoms with E-state index >= 15 is 0 Å². The number of halogens is 1. The van der Waals surface area contributed by atoms with Gasteiger partial charge in [-0.15, -0.1) is 0 Å². The van der Waals surface area contributed by atoms with Gasteiger partial charge < -0.3 is 14.7 Å². The van der Waals surface area contributed by atoms with Crippen LogP contribution in [0, 0.1) is 0 Å². The molecule has 1 N–H and O–H groups in total. The summed E-state index contributed by atoms with van der Waals surface area (Å²) in [5.41, 5.74) is 1.14. The van der Waals surface area contributed by atoms with Crippen LogP contribution < -0.4 is 4.90 Å². The van der Waals surface area contributed by atoms with Gasteiger partial charge in [-0.3, -0.25) is 0 Å².